The second-order valence-corrected chi connectivity index (χ2v) is 6.44. The van der Waals surface area contributed by atoms with Crippen molar-refractivity contribution in [2.45, 2.75) is 6.42 Å². The van der Waals surface area contributed by atoms with E-state index in [1.54, 1.807) is 0 Å². The summed E-state index contributed by atoms with van der Waals surface area (Å²) in [7, 11) is 0. The van der Waals surface area contributed by atoms with Gasteiger partial charge in [0, 0.05) is 0 Å². The van der Waals surface area contributed by atoms with Gasteiger partial charge in [0.25, 0.3) is 0 Å². The fourth-order valence-corrected chi connectivity index (χ4v) is 3.06. The fourth-order valence-electron chi connectivity index (χ4n) is 2.30. The van der Waals surface area contributed by atoms with Crippen molar-refractivity contribution < 1.29 is 51.0 Å². The second-order valence-electron chi connectivity index (χ2n) is 4.61. The molecular weight excluding hydrogens is 538 g/mol. The van der Waals surface area contributed by atoms with Gasteiger partial charge in [0.05, 0.1) is 0 Å². The van der Waals surface area contributed by atoms with Crippen molar-refractivity contribution in [3.8, 4) is 0 Å². The Kier molecular flexibility index (Phi) is 11.1. The summed E-state index contributed by atoms with van der Waals surface area (Å²) >= 11 is 6.99. The maximum Gasteiger partial charge on any atom is 4.00 e. The van der Waals surface area contributed by atoms with Crippen molar-refractivity contribution in [2.24, 2.45) is 0 Å². The minimum absolute atomic E-state index is 0. The molecule has 0 saturated heterocycles. The van der Waals surface area contributed by atoms with Crippen LogP contribution in [0.5, 0.6) is 0 Å². The van der Waals surface area contributed by atoms with E-state index < -0.39 is 0 Å². The summed E-state index contributed by atoms with van der Waals surface area (Å²) in [6.07, 6.45) is 10.0. The van der Waals surface area contributed by atoms with Crippen LogP contribution in [0.2, 0.25) is 0 Å². The van der Waals surface area contributed by atoms with Gasteiger partial charge in [0.2, 0.25) is 0 Å². The number of hydrogen-bond donors (Lipinski definition) is 0. The van der Waals surface area contributed by atoms with E-state index >= 15 is 0 Å². The van der Waals surface area contributed by atoms with Gasteiger partial charge >= 0.3 is 26.2 Å². The molecule has 4 rings (SSSR count). The SMILES string of the molecule is Brc1ccc2c(c1)[cH-]c1cc(Br)ccc12.[C-]1=CC=CC1.[Cl-].[Cl-].[Zr+4]. The number of rotatable bonds is 0. The number of hydrogen-bond acceptors (Lipinski definition) is 0. The van der Waals surface area contributed by atoms with Gasteiger partial charge in [-0.3, -0.25) is 6.08 Å². The van der Waals surface area contributed by atoms with Gasteiger partial charge in [-0.1, -0.05) is 56.1 Å². The molecule has 0 N–H and O–H groups in total. The molecule has 0 saturated carbocycles. The van der Waals surface area contributed by atoms with Crippen molar-refractivity contribution >= 4 is 53.4 Å². The third-order valence-electron chi connectivity index (χ3n) is 3.21. The standard InChI is InChI=1S/C13H7Br2.C5H5.2ClH.Zr/c14-10-1-3-12-8(6-10)5-9-7-11(15)2-4-13(9)12;1-2-4-5-3-1;;;/h1-7H;1-3H,4H2;2*1H;/q2*-1;;;+4/p-2. The van der Waals surface area contributed by atoms with Gasteiger partial charge in [-0.25, -0.2) is 12.2 Å². The molecule has 0 heterocycles. The van der Waals surface area contributed by atoms with Crippen LogP contribution in [0.3, 0.4) is 0 Å². The zero-order valence-corrected chi connectivity index (χ0v) is 19.1. The van der Waals surface area contributed by atoms with E-state index in [0.29, 0.717) is 0 Å². The first kappa shape index (κ1) is 23.2. The maximum absolute atomic E-state index is 3.49. The molecule has 3 aromatic rings. The topological polar surface area (TPSA) is 0 Å². The third kappa shape index (κ3) is 5.90. The van der Waals surface area contributed by atoms with Crippen LogP contribution in [-0.4, -0.2) is 0 Å². The third-order valence-corrected chi connectivity index (χ3v) is 4.20. The summed E-state index contributed by atoms with van der Waals surface area (Å²) in [5, 5.41) is 5.22. The van der Waals surface area contributed by atoms with Crippen LogP contribution < -0.4 is 24.8 Å². The normalized spacial score (nSPS) is 11.2. The van der Waals surface area contributed by atoms with Crippen LogP contribution in [0.15, 0.2) is 69.6 Å². The summed E-state index contributed by atoms with van der Waals surface area (Å²) in [4.78, 5) is 0. The molecule has 23 heavy (non-hydrogen) atoms. The maximum atomic E-state index is 3.49. The van der Waals surface area contributed by atoms with Gasteiger partial charge in [0.1, 0.15) is 0 Å². The van der Waals surface area contributed by atoms with Crippen molar-refractivity contribution in [3.05, 3.63) is 75.7 Å². The molecular formula is C18H12Br2Cl2Zr. The number of halogens is 4. The first-order valence-corrected chi connectivity index (χ1v) is 7.98. The van der Waals surface area contributed by atoms with Crippen molar-refractivity contribution in [2.75, 3.05) is 0 Å². The van der Waals surface area contributed by atoms with Crippen LogP contribution in [-0.2, 0) is 26.2 Å². The summed E-state index contributed by atoms with van der Waals surface area (Å²) < 4.78 is 2.26. The van der Waals surface area contributed by atoms with E-state index in [9.17, 15) is 0 Å². The van der Waals surface area contributed by atoms with Crippen LogP contribution in [0.1, 0.15) is 6.42 Å². The summed E-state index contributed by atoms with van der Waals surface area (Å²) in [5.41, 5.74) is 0. The average Bonchev–Trinajstić information content (AvgIpc) is 3.08. The largest absolute Gasteiger partial charge is 4.00 e. The fraction of sp³-hybridized carbons (Fsp3) is 0.0556. The zero-order valence-electron chi connectivity index (χ0n) is 12.0. The summed E-state index contributed by atoms with van der Waals surface area (Å²) in [5.74, 6) is 0. The Bertz CT molecular complexity index is 756. The Hall–Kier alpha value is 0.213. The van der Waals surface area contributed by atoms with Crippen molar-refractivity contribution in [3.63, 3.8) is 0 Å². The van der Waals surface area contributed by atoms with Crippen LogP contribution in [0.4, 0.5) is 0 Å². The Morgan fingerprint density at radius 2 is 1.39 bits per heavy atom. The van der Waals surface area contributed by atoms with E-state index in [-0.39, 0.29) is 51.0 Å². The zero-order chi connectivity index (χ0) is 13.9. The molecule has 0 radical (unpaired) electrons. The first-order chi connectivity index (χ1) is 9.74. The summed E-state index contributed by atoms with van der Waals surface area (Å²) in [6.45, 7) is 0. The van der Waals surface area contributed by atoms with E-state index in [1.165, 1.54) is 21.5 Å². The van der Waals surface area contributed by atoms with Crippen LogP contribution >= 0.6 is 31.9 Å². The molecule has 5 heteroatoms. The molecule has 0 spiro atoms. The van der Waals surface area contributed by atoms with E-state index in [1.807, 2.05) is 12.2 Å². The molecule has 1 aliphatic rings. The van der Waals surface area contributed by atoms with Gasteiger partial charge in [-0.05, 0) is 8.95 Å². The molecule has 0 nitrogen and oxygen atoms in total. The molecule has 0 amide bonds. The molecule has 116 valence electrons. The Labute approximate surface area is 185 Å². The minimum atomic E-state index is 0. The van der Waals surface area contributed by atoms with E-state index in [4.69, 9.17) is 0 Å². The predicted molar refractivity (Wildman–Crippen MR) is 94.0 cm³/mol. The molecule has 0 bridgehead atoms. The van der Waals surface area contributed by atoms with Gasteiger partial charge < -0.3 is 24.8 Å². The van der Waals surface area contributed by atoms with E-state index in [2.05, 4.69) is 86.5 Å². The van der Waals surface area contributed by atoms with Gasteiger partial charge in [0.15, 0.2) is 0 Å². The molecule has 3 aromatic carbocycles. The van der Waals surface area contributed by atoms with E-state index in [0.717, 1.165) is 15.4 Å². The Morgan fingerprint density at radius 3 is 1.74 bits per heavy atom. The number of fused-ring (bicyclic) bond motifs is 3. The first-order valence-electron chi connectivity index (χ1n) is 6.40. The second kappa shape index (κ2) is 11.0. The number of benzene rings is 2. The van der Waals surface area contributed by atoms with Gasteiger partial charge in [-0.15, -0.1) is 46.2 Å². The average molecular weight is 550 g/mol. The Balaban J connectivity index is 0.000000529. The Morgan fingerprint density at radius 1 is 0.870 bits per heavy atom. The molecule has 1 aliphatic carbocycles. The van der Waals surface area contributed by atoms with Crippen LogP contribution in [0, 0.1) is 6.08 Å². The van der Waals surface area contributed by atoms with Crippen molar-refractivity contribution in [1.82, 2.24) is 0 Å². The molecule has 0 fully saturated rings. The van der Waals surface area contributed by atoms with Gasteiger partial charge in [-0.2, -0.15) is 6.08 Å². The summed E-state index contributed by atoms with van der Waals surface area (Å²) in [6, 6.07) is 15.0. The quantitative estimate of drug-likeness (QED) is 0.359. The molecule has 0 aromatic heterocycles. The molecule has 0 aliphatic heterocycles. The smallest absolute Gasteiger partial charge is 1.00 e. The number of allylic oxidation sites excluding steroid dienone is 4. The predicted octanol–water partition coefficient (Wildman–Crippen LogP) is 0.548. The monoisotopic (exact) mass is 546 g/mol. The molecule has 0 atom stereocenters. The van der Waals surface area contributed by atoms with Crippen LogP contribution in [0.25, 0.3) is 21.5 Å². The minimum Gasteiger partial charge on any atom is -1.00 e. The molecule has 0 unspecified atom stereocenters. The van der Waals surface area contributed by atoms with Crippen molar-refractivity contribution in [1.29, 1.82) is 0 Å².